The molecule has 0 N–H and O–H groups in total. The molecular weight excluding hydrogens is 2200 g/mol. The van der Waals surface area contributed by atoms with E-state index >= 15 is 0 Å². The van der Waals surface area contributed by atoms with E-state index in [0.29, 0.717) is 17.2 Å². The molecule has 1 aliphatic rings. The van der Waals surface area contributed by atoms with E-state index in [-0.39, 0.29) is 66.7 Å². The van der Waals surface area contributed by atoms with E-state index in [0.717, 1.165) is 168 Å². The molecule has 8 aromatic carbocycles. The number of ether oxygens (including phenoxy) is 3. The number of imidazole rings is 5. The zero-order valence-electron chi connectivity index (χ0n) is 86.3. The van der Waals surface area contributed by atoms with Gasteiger partial charge in [-0.25, -0.2) is 39.5 Å². The number of hydrogen-bond acceptors (Lipinski definition) is 13. The Labute approximate surface area is 899 Å². The van der Waals surface area contributed by atoms with Crippen molar-refractivity contribution < 1.29 is 63.8 Å². The number of halogens is 2. The van der Waals surface area contributed by atoms with E-state index < -0.39 is 0 Å². The molecule has 0 atom stereocenters. The van der Waals surface area contributed by atoms with Crippen molar-refractivity contribution >= 4 is 126 Å². The van der Waals surface area contributed by atoms with Crippen molar-refractivity contribution in [3.8, 4) is 69.4 Å². The van der Waals surface area contributed by atoms with Crippen LogP contribution in [0.15, 0.2) is 322 Å². The molecule has 25 rings (SSSR count). The van der Waals surface area contributed by atoms with Gasteiger partial charge in [-0.15, -0.1) is 23.6 Å². The van der Waals surface area contributed by atoms with Crippen LogP contribution in [0.2, 0.25) is 0 Å². The summed E-state index contributed by atoms with van der Waals surface area (Å²) in [6, 6.07) is 91.1. The second-order valence-electron chi connectivity index (χ2n) is 41.9. The number of anilines is 1. The summed E-state index contributed by atoms with van der Waals surface area (Å²) in [6.45, 7) is 41.0. The molecule has 0 saturated heterocycles. The number of fused-ring (bicyclic) bond motifs is 15. The van der Waals surface area contributed by atoms with E-state index in [4.69, 9.17) is 44.1 Å². The smallest absolute Gasteiger partial charge is 0.249 e. The molecule has 0 unspecified atom stereocenters. The summed E-state index contributed by atoms with van der Waals surface area (Å²) in [5.41, 5.74) is 22.5. The van der Waals surface area contributed by atoms with Crippen LogP contribution in [0.5, 0.6) is 34.5 Å². The predicted molar refractivity (Wildman–Crippen MR) is 590 cm³/mol. The minimum absolute atomic E-state index is 0. The van der Waals surface area contributed by atoms with Crippen molar-refractivity contribution in [3.05, 3.63) is 397 Å². The van der Waals surface area contributed by atoms with Crippen LogP contribution in [-0.4, -0.2) is 92.4 Å². The van der Waals surface area contributed by atoms with Crippen LogP contribution in [0.25, 0.3) is 139 Å². The van der Waals surface area contributed by atoms with E-state index in [1.54, 1.807) is 12.5 Å². The third kappa shape index (κ3) is 18.8. The molecule has 0 fully saturated rings. The first-order chi connectivity index (χ1) is 70.1. The molecule has 746 valence electrons. The maximum absolute atomic E-state index is 6.57. The summed E-state index contributed by atoms with van der Waals surface area (Å²) in [4.78, 5) is 41.7. The van der Waals surface area contributed by atoms with Gasteiger partial charge in [0.05, 0.1) is 62.9 Å². The Kier molecular flexibility index (Phi) is 26.5. The van der Waals surface area contributed by atoms with E-state index in [2.05, 4.69) is 378 Å². The summed E-state index contributed by atoms with van der Waals surface area (Å²) in [6.07, 6.45) is 23.2. The average Bonchev–Trinajstić information content (AvgIpc) is 1.63. The molecule has 0 saturated carbocycles. The summed E-state index contributed by atoms with van der Waals surface area (Å²) < 4.78 is 42.0. The predicted octanol–water partition coefficient (Wildman–Crippen LogP) is 25.6. The normalized spacial score (nSPS) is 12.4. The Morgan fingerprint density at radius 2 is 0.750 bits per heavy atom. The van der Waals surface area contributed by atoms with E-state index in [1.807, 2.05) is 165 Å². The van der Waals surface area contributed by atoms with Crippen molar-refractivity contribution in [1.29, 1.82) is 0 Å². The minimum atomic E-state index is 0. The van der Waals surface area contributed by atoms with Crippen LogP contribution < -0.4 is 47.7 Å². The summed E-state index contributed by atoms with van der Waals surface area (Å²) in [5.74, 6) is 10.4. The van der Waals surface area contributed by atoms with Crippen LogP contribution >= 0.6 is 15.9 Å². The van der Waals surface area contributed by atoms with Gasteiger partial charge in [0.1, 0.15) is 82.1 Å². The van der Waals surface area contributed by atoms with E-state index in [1.165, 1.54) is 54.8 Å². The number of para-hydroxylation sites is 4. The first kappa shape index (κ1) is 100. The van der Waals surface area contributed by atoms with Gasteiger partial charge in [0, 0.05) is 160 Å². The minimum Gasteiger partial charge on any atom is -1.00 e. The number of pyridine rings is 7. The number of rotatable bonds is 13. The largest absolute Gasteiger partial charge is 1.00 e. The van der Waals surface area contributed by atoms with Gasteiger partial charge in [-0.2, -0.15) is 23.4 Å². The van der Waals surface area contributed by atoms with Crippen LogP contribution in [0.1, 0.15) is 140 Å². The zero-order valence-corrected chi connectivity index (χ0v) is 92.4. The fourth-order valence-corrected chi connectivity index (χ4v) is 20.0. The molecule has 26 heteroatoms. The van der Waals surface area contributed by atoms with Gasteiger partial charge in [0.25, 0.3) is 0 Å². The molecule has 24 aromatic rings. The zero-order chi connectivity index (χ0) is 101. The number of aromatic nitrogens is 18. The second kappa shape index (κ2) is 39.1. The maximum Gasteiger partial charge on any atom is 0.249 e. The van der Waals surface area contributed by atoms with Gasteiger partial charge < -0.3 is 57.0 Å². The van der Waals surface area contributed by atoms with Crippen molar-refractivity contribution in [2.24, 2.45) is 7.05 Å². The number of benzene rings is 8. The third-order valence-corrected chi connectivity index (χ3v) is 28.2. The van der Waals surface area contributed by atoms with Crippen LogP contribution in [0.3, 0.4) is 0 Å². The van der Waals surface area contributed by atoms with Gasteiger partial charge in [-0.05, 0) is 231 Å². The van der Waals surface area contributed by atoms with Gasteiger partial charge in [0.15, 0.2) is 0 Å². The Morgan fingerprint density at radius 3 is 1.17 bits per heavy atom. The van der Waals surface area contributed by atoms with Crippen LogP contribution in [0, 0.1) is 60.3 Å². The van der Waals surface area contributed by atoms with Crippen molar-refractivity contribution in [2.75, 3.05) is 11.9 Å². The topological polar surface area (TPSA) is 184 Å². The summed E-state index contributed by atoms with van der Waals surface area (Å²) in [5, 5.41) is 9.41. The third-order valence-electron chi connectivity index (χ3n) is 27.7. The number of hydrogen-bond donors (Lipinski definition) is 0. The van der Waals surface area contributed by atoms with Crippen molar-refractivity contribution in [2.45, 2.75) is 146 Å². The van der Waals surface area contributed by atoms with E-state index in [9.17, 15) is 0 Å². The van der Waals surface area contributed by atoms with Crippen LogP contribution in [0.4, 0.5) is 5.82 Å². The van der Waals surface area contributed by atoms with Crippen LogP contribution in [-0.2, 0) is 49.8 Å². The molecule has 0 radical (unpaired) electrons. The second-order valence-corrected chi connectivity index (χ2v) is 42.8. The molecule has 16 aromatic heterocycles. The van der Waals surface area contributed by atoms with Gasteiger partial charge >= 0.3 is 0 Å². The monoisotopic (exact) mass is 2310 g/mol. The number of aryl methyl sites for hydroxylation is 7. The van der Waals surface area contributed by atoms with Crippen molar-refractivity contribution in [1.82, 2.24) is 85.4 Å². The fraction of sp³-hybridized carbons (Fsp3) is 0.197. The Hall–Kier alpha value is -15.3. The van der Waals surface area contributed by atoms with Gasteiger partial charge in [0.2, 0.25) is 12.1 Å². The first-order valence-electron chi connectivity index (χ1n) is 49.2. The summed E-state index contributed by atoms with van der Waals surface area (Å²) >= 11 is 3.61. The SMILES string of the molecule is CC(C)(C)c1ccnc(-n2c3ccccc3c3ccc(Br)cc32)c1.Cc1nc2cc(Oc3[c-]c4c(cc3)c3ccccc3n4-c3cc(C(C)(C)C)ccn3)[c-]c(N3C=CN(C)[CH-]3)n2c1C.Cc1nc2cc(Oc3ccc4c5ccccc5n(-c5cc(C(C)(C)C)ccn5)c4c3)cc(-n3cc[n+](C)c3)n2c1C.Cc1nc2cc(Oc3ccc4c5ccccc5n(-c5cc(C(C)(C)C)ccn5)c4c3)cc(-n3ccnc3)n2c1C.[I-].[Pt]. The summed E-state index contributed by atoms with van der Waals surface area (Å²) in [7, 11) is 4.01. The molecule has 1 aliphatic heterocycles. The molecule has 17 heterocycles. The molecule has 23 nitrogen and oxygen atoms in total. The maximum atomic E-state index is 6.57. The first-order valence-corrected chi connectivity index (χ1v) is 50.0. The fourth-order valence-electron chi connectivity index (χ4n) is 19.7. The average molecular weight is 2310 g/mol. The molecule has 0 aliphatic carbocycles. The number of nitrogens with zero attached hydrogens (tertiary/aromatic N) is 20. The molecule has 148 heavy (non-hydrogen) atoms. The molecule has 0 bridgehead atoms. The molecular formula is C122H113BrIN20O3Pt-3. The molecule has 0 spiro atoms. The Balaban J connectivity index is 0.000000121. The standard InChI is InChI=1S/C34H33N6O.C34H31N6O.C33H30N6O.C21H19BrN2.HI.Pt/c2*1-22-23(2)39-32(36-22)19-26(20-33(39)38-16-15-37(6)21-38)41-25-11-12-28-27-9-7-8-10-29(27)40(30(28)18-25)31-17-24(13-14-35-31)34(3,4)5;1-21-22(2)38-31(36-21)18-25(19-32(38)37-15-14-34-20-37)40-24-10-11-27-26-8-6-7-9-28(26)39(29(27)17-24)30-16-23(12-13-35-30)33(3,4)5;1-21(2,3)14-10-11-23-20(12-14)24-18-7-5-4-6-16(18)17-9-8-15(22)13-19(17)24;;/h7-21H,1-6H3;7-17,19,21H,1-6H3;6-20H,1-5H3;4-13H,1-3H3;1H;/q+1;-3;;;;/p-1. The van der Waals surface area contributed by atoms with Crippen molar-refractivity contribution in [3.63, 3.8) is 0 Å². The Bertz CT molecular complexity index is 9300. The van der Waals surface area contributed by atoms with Gasteiger partial charge in [-0.3, -0.25) is 32.1 Å². The van der Waals surface area contributed by atoms with Gasteiger partial charge in [-0.1, -0.05) is 183 Å². The molecule has 0 amide bonds. The Morgan fingerprint density at radius 1 is 0.358 bits per heavy atom. The quantitative estimate of drug-likeness (QED) is 0.0604.